The van der Waals surface area contributed by atoms with Crippen molar-refractivity contribution in [2.24, 2.45) is 0 Å². The lowest BCUT2D eigenvalue weighted by atomic mass is 9.98. The van der Waals surface area contributed by atoms with Crippen molar-refractivity contribution in [3.05, 3.63) is 35.6 Å². The Balaban J connectivity index is 2.54. The number of hydrogen-bond donors (Lipinski definition) is 1. The smallest absolute Gasteiger partial charge is 0.126 e. The molecule has 0 heterocycles. The molecule has 0 radical (unpaired) electrons. The van der Waals surface area contributed by atoms with Gasteiger partial charge in [-0.05, 0) is 45.4 Å². The second kappa shape index (κ2) is 6.12. The van der Waals surface area contributed by atoms with Crippen molar-refractivity contribution in [1.29, 1.82) is 0 Å². The summed E-state index contributed by atoms with van der Waals surface area (Å²) in [7, 11) is 2.01. The fourth-order valence-corrected chi connectivity index (χ4v) is 1.76. The standard InChI is InChI=1S/C14H22FNO/c1-14(2,9-11-17)16(3)10-8-12-6-4-5-7-13(12)15/h4-7,17H,8-11H2,1-3H3. The van der Waals surface area contributed by atoms with E-state index < -0.39 is 0 Å². The summed E-state index contributed by atoms with van der Waals surface area (Å²) >= 11 is 0. The Morgan fingerprint density at radius 2 is 1.94 bits per heavy atom. The molecule has 0 aliphatic carbocycles. The van der Waals surface area contributed by atoms with Gasteiger partial charge in [0.2, 0.25) is 0 Å². The Hall–Kier alpha value is -0.930. The van der Waals surface area contributed by atoms with E-state index in [1.54, 1.807) is 6.07 Å². The highest BCUT2D eigenvalue weighted by Crippen LogP contribution is 2.17. The van der Waals surface area contributed by atoms with Crippen LogP contribution in [0.1, 0.15) is 25.8 Å². The van der Waals surface area contributed by atoms with Crippen LogP contribution in [0.5, 0.6) is 0 Å². The molecule has 1 aromatic rings. The SMILES string of the molecule is CN(CCc1ccccc1F)C(C)(C)CCO. The molecule has 0 amide bonds. The Bertz CT molecular complexity index is 352. The van der Waals surface area contributed by atoms with Gasteiger partial charge in [0.15, 0.2) is 0 Å². The molecule has 0 saturated heterocycles. The highest BCUT2D eigenvalue weighted by molar-refractivity contribution is 5.17. The van der Waals surface area contributed by atoms with E-state index in [1.807, 2.05) is 19.2 Å². The third-order valence-electron chi connectivity index (χ3n) is 3.43. The fourth-order valence-electron chi connectivity index (χ4n) is 1.76. The molecule has 2 nitrogen and oxygen atoms in total. The maximum atomic E-state index is 13.4. The molecular formula is C14H22FNO. The van der Waals surface area contributed by atoms with Crippen molar-refractivity contribution in [2.75, 3.05) is 20.2 Å². The number of rotatable bonds is 6. The average molecular weight is 239 g/mol. The summed E-state index contributed by atoms with van der Waals surface area (Å²) in [5.74, 6) is -0.138. The van der Waals surface area contributed by atoms with Crippen LogP contribution < -0.4 is 0 Å². The van der Waals surface area contributed by atoms with E-state index in [1.165, 1.54) is 6.07 Å². The highest BCUT2D eigenvalue weighted by atomic mass is 19.1. The van der Waals surface area contributed by atoms with Gasteiger partial charge in [0, 0.05) is 18.7 Å². The first kappa shape index (κ1) is 14.1. The second-order valence-electron chi connectivity index (χ2n) is 5.05. The van der Waals surface area contributed by atoms with Crippen molar-refractivity contribution in [3.63, 3.8) is 0 Å². The summed E-state index contributed by atoms with van der Waals surface area (Å²) < 4.78 is 13.4. The van der Waals surface area contributed by atoms with Gasteiger partial charge in [-0.3, -0.25) is 0 Å². The quantitative estimate of drug-likeness (QED) is 0.824. The molecule has 1 N–H and O–H groups in total. The van der Waals surface area contributed by atoms with E-state index in [0.717, 1.165) is 18.5 Å². The van der Waals surface area contributed by atoms with Gasteiger partial charge in [0.25, 0.3) is 0 Å². The molecule has 0 unspecified atom stereocenters. The number of likely N-dealkylation sites (N-methyl/N-ethyl adjacent to an activating group) is 1. The number of benzene rings is 1. The van der Waals surface area contributed by atoms with Crippen LogP contribution >= 0.6 is 0 Å². The van der Waals surface area contributed by atoms with E-state index >= 15 is 0 Å². The van der Waals surface area contributed by atoms with Crippen molar-refractivity contribution >= 4 is 0 Å². The third kappa shape index (κ3) is 4.10. The van der Waals surface area contributed by atoms with Crippen molar-refractivity contribution < 1.29 is 9.50 Å². The van der Waals surface area contributed by atoms with Gasteiger partial charge >= 0.3 is 0 Å². The molecule has 1 rings (SSSR count). The highest BCUT2D eigenvalue weighted by Gasteiger charge is 2.22. The van der Waals surface area contributed by atoms with E-state index in [2.05, 4.69) is 18.7 Å². The molecule has 0 aliphatic heterocycles. The molecule has 0 spiro atoms. The van der Waals surface area contributed by atoms with Crippen molar-refractivity contribution in [2.45, 2.75) is 32.2 Å². The van der Waals surface area contributed by atoms with Gasteiger partial charge in [0.05, 0.1) is 0 Å². The first-order valence-corrected chi connectivity index (χ1v) is 6.03. The number of aliphatic hydroxyl groups is 1. The molecule has 0 saturated carbocycles. The largest absolute Gasteiger partial charge is 0.396 e. The van der Waals surface area contributed by atoms with Gasteiger partial charge in [-0.25, -0.2) is 4.39 Å². The zero-order chi connectivity index (χ0) is 12.9. The van der Waals surface area contributed by atoms with Crippen molar-refractivity contribution in [3.8, 4) is 0 Å². The lowest BCUT2D eigenvalue weighted by Gasteiger charge is -2.35. The Morgan fingerprint density at radius 3 is 2.53 bits per heavy atom. The van der Waals surface area contributed by atoms with Gasteiger partial charge in [-0.2, -0.15) is 0 Å². The lowest BCUT2D eigenvalue weighted by molar-refractivity contribution is 0.117. The predicted molar refractivity (Wildman–Crippen MR) is 68.5 cm³/mol. The fraction of sp³-hybridized carbons (Fsp3) is 0.571. The zero-order valence-electron chi connectivity index (χ0n) is 10.9. The maximum absolute atomic E-state index is 13.4. The van der Waals surface area contributed by atoms with Crippen LogP contribution in [0.2, 0.25) is 0 Å². The molecule has 0 fully saturated rings. The lowest BCUT2D eigenvalue weighted by Crippen LogP contribution is -2.42. The molecule has 96 valence electrons. The monoisotopic (exact) mass is 239 g/mol. The summed E-state index contributed by atoms with van der Waals surface area (Å²) in [6.07, 6.45) is 1.42. The van der Waals surface area contributed by atoms with E-state index in [-0.39, 0.29) is 18.0 Å². The predicted octanol–water partition coefficient (Wildman–Crippen LogP) is 2.46. The van der Waals surface area contributed by atoms with Crippen LogP contribution in [0.25, 0.3) is 0 Å². The average Bonchev–Trinajstić information content (AvgIpc) is 2.27. The molecule has 0 aromatic heterocycles. The summed E-state index contributed by atoms with van der Waals surface area (Å²) in [4.78, 5) is 2.16. The van der Waals surface area contributed by atoms with E-state index in [4.69, 9.17) is 5.11 Å². The van der Waals surface area contributed by atoms with Gasteiger partial charge in [-0.1, -0.05) is 18.2 Å². The van der Waals surface area contributed by atoms with Crippen LogP contribution in [0, 0.1) is 5.82 Å². The van der Waals surface area contributed by atoms with Crippen LogP contribution in [-0.4, -0.2) is 35.7 Å². The molecule has 1 aromatic carbocycles. The maximum Gasteiger partial charge on any atom is 0.126 e. The van der Waals surface area contributed by atoms with Crippen LogP contribution in [-0.2, 0) is 6.42 Å². The minimum Gasteiger partial charge on any atom is -0.396 e. The number of halogens is 1. The zero-order valence-corrected chi connectivity index (χ0v) is 10.9. The summed E-state index contributed by atoms with van der Waals surface area (Å²) in [6, 6.07) is 6.88. The number of nitrogens with zero attached hydrogens (tertiary/aromatic N) is 1. The Kier molecular flexibility index (Phi) is 5.09. The number of hydrogen-bond acceptors (Lipinski definition) is 2. The Morgan fingerprint density at radius 1 is 1.29 bits per heavy atom. The first-order chi connectivity index (χ1) is 7.97. The topological polar surface area (TPSA) is 23.5 Å². The molecule has 0 atom stereocenters. The first-order valence-electron chi connectivity index (χ1n) is 6.03. The van der Waals surface area contributed by atoms with E-state index in [0.29, 0.717) is 6.42 Å². The van der Waals surface area contributed by atoms with Gasteiger partial charge in [0.1, 0.15) is 5.82 Å². The van der Waals surface area contributed by atoms with Crippen LogP contribution in [0.15, 0.2) is 24.3 Å². The Labute approximate surface area is 103 Å². The van der Waals surface area contributed by atoms with Crippen molar-refractivity contribution in [1.82, 2.24) is 4.90 Å². The second-order valence-corrected chi connectivity index (χ2v) is 5.05. The van der Waals surface area contributed by atoms with Gasteiger partial charge < -0.3 is 10.0 Å². The summed E-state index contributed by atoms with van der Waals surface area (Å²) in [6.45, 7) is 5.14. The third-order valence-corrected chi connectivity index (χ3v) is 3.43. The van der Waals surface area contributed by atoms with Crippen LogP contribution in [0.3, 0.4) is 0 Å². The molecule has 0 aliphatic rings. The molecule has 3 heteroatoms. The summed E-state index contributed by atoms with van der Waals surface area (Å²) in [5.41, 5.74) is 0.694. The molecular weight excluding hydrogens is 217 g/mol. The minimum absolute atomic E-state index is 0.0555. The number of aliphatic hydroxyl groups excluding tert-OH is 1. The molecule has 0 bridgehead atoms. The van der Waals surface area contributed by atoms with Crippen LogP contribution in [0.4, 0.5) is 4.39 Å². The van der Waals surface area contributed by atoms with E-state index in [9.17, 15) is 4.39 Å². The normalized spacial score (nSPS) is 12.1. The minimum atomic E-state index is -0.138. The molecule has 17 heavy (non-hydrogen) atoms. The van der Waals surface area contributed by atoms with Gasteiger partial charge in [-0.15, -0.1) is 0 Å². The summed E-state index contributed by atoms with van der Waals surface area (Å²) in [5, 5.41) is 8.99.